The number of ketones is 2. The van der Waals surface area contributed by atoms with Gasteiger partial charge in [0.15, 0.2) is 11.7 Å². The van der Waals surface area contributed by atoms with Crippen LogP contribution in [0.1, 0.15) is 122 Å². The Morgan fingerprint density at radius 3 is 1.83 bits per heavy atom. The highest BCUT2D eigenvalue weighted by Gasteiger charge is 2.42. The molecule has 0 bridgehead atoms. The van der Waals surface area contributed by atoms with Gasteiger partial charge in [0, 0.05) is 62.1 Å². The summed E-state index contributed by atoms with van der Waals surface area (Å²) in [5, 5.41) is 38.5. The van der Waals surface area contributed by atoms with E-state index in [1.807, 2.05) is 13.8 Å². The van der Waals surface area contributed by atoms with Crippen molar-refractivity contribution in [2.45, 2.75) is 173 Å². The second kappa shape index (κ2) is 35.9. The van der Waals surface area contributed by atoms with Crippen LogP contribution in [0, 0.1) is 23.7 Å². The molecule has 1 fully saturated rings. The third-order valence-corrected chi connectivity index (χ3v) is 16.1. The first-order chi connectivity index (χ1) is 44.1. The summed E-state index contributed by atoms with van der Waals surface area (Å²) < 4.78 is 0. The number of phenols is 1. The lowest BCUT2D eigenvalue weighted by Crippen LogP contribution is -2.61. The van der Waals surface area contributed by atoms with Crippen molar-refractivity contribution < 1.29 is 63.0 Å². The summed E-state index contributed by atoms with van der Waals surface area (Å²) in [7, 11) is 0. The fourth-order valence-electron chi connectivity index (χ4n) is 10.8. The number of aromatic nitrogens is 4. The molecule has 30 nitrogen and oxygen atoms in total. The predicted octanol–water partition coefficient (Wildman–Crippen LogP) is -0.671. The number of guanidine groups is 1. The van der Waals surface area contributed by atoms with Gasteiger partial charge in [0.2, 0.25) is 47.3 Å². The molecule has 0 spiro atoms. The largest absolute Gasteiger partial charge is 0.508 e. The first kappa shape index (κ1) is 74.2. The lowest BCUT2D eigenvalue weighted by atomic mass is 9.83. The molecule has 5 rings (SSSR count). The van der Waals surface area contributed by atoms with Crippen LogP contribution >= 0.6 is 0 Å². The highest BCUT2D eigenvalue weighted by Crippen LogP contribution is 2.24. The molecule has 93 heavy (non-hydrogen) atoms. The highest BCUT2D eigenvalue weighted by molar-refractivity contribution is 6.00. The number of benzene rings is 2. The Bertz CT molecular complexity index is 3200. The fraction of sp³-hybridized carbons (Fsp3) is 0.524. The molecular formula is C63H91N17O13. The summed E-state index contributed by atoms with van der Waals surface area (Å²) in [4.78, 5) is 173. The van der Waals surface area contributed by atoms with E-state index in [1.54, 1.807) is 58.0 Å². The number of Topliss-reactive ketones (excluding diaryl/α,β-unsaturated/α-hetero) is 2. The zero-order chi connectivity index (χ0) is 68.6. The summed E-state index contributed by atoms with van der Waals surface area (Å²) in [5.41, 5.74) is 24.9. The van der Waals surface area contributed by atoms with E-state index in [4.69, 9.17) is 22.9 Å². The highest BCUT2D eigenvalue weighted by atomic mass is 16.4. The SMILES string of the molecule is CC[C@H](C)[C@H](NC(=O)[C@@H](NC(=O)[C@@H](NC(=O)[C@H](CCCN=C(N)N)NC(=O)[C@@H](N)CC(=O)O)C(C)C)c1ccc(O)cc1)C(=O)N[C@@H](Cc1cnc[nH]1)C(=O)N1CCC[C@H]1C(=O)N[C@@H](Cc1ccccc1)C(=O)N[C@@H](Cc1cnc[nH]1)C(=O)C(N)[C@@H](CC(C)C)C(C)=O. The minimum atomic E-state index is -1.60. The fourth-order valence-corrected chi connectivity index (χ4v) is 10.8. The number of likely N-dealkylation sites (tertiary alicyclic amines) is 1. The average molecular weight is 1290 g/mol. The molecule has 1 aliphatic heterocycles. The average Bonchev–Trinajstić information content (AvgIpc) is 1.82. The predicted molar refractivity (Wildman–Crippen MR) is 341 cm³/mol. The van der Waals surface area contributed by atoms with Crippen LogP contribution in [-0.2, 0) is 72.0 Å². The van der Waals surface area contributed by atoms with Crippen molar-refractivity contribution in [1.82, 2.24) is 62.1 Å². The van der Waals surface area contributed by atoms with Crippen LogP contribution in [0.2, 0.25) is 0 Å². The van der Waals surface area contributed by atoms with E-state index in [2.05, 4.69) is 62.1 Å². The number of hydrogen-bond donors (Lipinski definition) is 15. The third kappa shape index (κ3) is 22.6. The summed E-state index contributed by atoms with van der Waals surface area (Å²) >= 11 is 0. The Balaban J connectivity index is 1.41. The number of carboxylic acids is 1. The van der Waals surface area contributed by atoms with E-state index in [-0.39, 0.29) is 80.6 Å². The number of amides is 8. The molecule has 2 aromatic carbocycles. The molecule has 506 valence electrons. The van der Waals surface area contributed by atoms with E-state index >= 15 is 4.79 Å². The lowest BCUT2D eigenvalue weighted by Gasteiger charge is -2.32. The molecule has 2 aromatic heterocycles. The molecule has 0 saturated carbocycles. The number of H-pyrrole nitrogens is 2. The van der Waals surface area contributed by atoms with Crippen LogP contribution in [0.3, 0.4) is 0 Å². The van der Waals surface area contributed by atoms with Crippen molar-refractivity contribution in [3.05, 3.63) is 102 Å². The zero-order valence-corrected chi connectivity index (χ0v) is 53.6. The number of carboxylic acid groups (broad SMARTS) is 1. The van der Waals surface area contributed by atoms with Gasteiger partial charge in [0.05, 0.1) is 37.2 Å². The number of hydrogen-bond acceptors (Lipinski definition) is 17. The first-order valence-corrected chi connectivity index (χ1v) is 31.1. The number of aliphatic carboxylic acids is 1. The van der Waals surface area contributed by atoms with Crippen LogP contribution in [0.25, 0.3) is 0 Å². The van der Waals surface area contributed by atoms with Crippen molar-refractivity contribution in [2.24, 2.45) is 51.6 Å². The number of nitrogens with one attached hydrogen (secondary N) is 9. The van der Waals surface area contributed by atoms with Gasteiger partial charge in [0.1, 0.15) is 53.8 Å². The van der Waals surface area contributed by atoms with Gasteiger partial charge in [-0.1, -0.05) is 90.4 Å². The number of carbonyl (C=O) groups is 11. The lowest BCUT2D eigenvalue weighted by molar-refractivity contribution is -0.142. The van der Waals surface area contributed by atoms with E-state index in [0.717, 1.165) is 0 Å². The number of phenolic OH excluding ortho intramolecular Hbond substituents is 1. The first-order valence-electron chi connectivity index (χ1n) is 31.1. The Kier molecular flexibility index (Phi) is 28.6. The van der Waals surface area contributed by atoms with Gasteiger partial charge in [-0.3, -0.25) is 57.7 Å². The Hall–Kier alpha value is -9.58. The van der Waals surface area contributed by atoms with Crippen molar-refractivity contribution in [3.63, 3.8) is 0 Å². The van der Waals surface area contributed by atoms with Crippen molar-refractivity contribution in [1.29, 1.82) is 0 Å². The molecule has 4 aromatic rings. The number of nitrogens with two attached hydrogens (primary N) is 4. The topological polar surface area (TPSA) is 489 Å². The number of rotatable bonds is 37. The monoisotopic (exact) mass is 1290 g/mol. The molecule has 12 atom stereocenters. The summed E-state index contributed by atoms with van der Waals surface area (Å²) in [5.74, 6) is -11.4. The van der Waals surface area contributed by atoms with Gasteiger partial charge in [-0.2, -0.15) is 0 Å². The summed E-state index contributed by atoms with van der Waals surface area (Å²) in [6.07, 6.45) is 5.85. The Morgan fingerprint density at radius 1 is 0.688 bits per heavy atom. The third-order valence-electron chi connectivity index (χ3n) is 16.1. The molecule has 30 heteroatoms. The molecule has 3 heterocycles. The number of aromatic amines is 2. The van der Waals surface area contributed by atoms with Crippen molar-refractivity contribution >= 4 is 70.8 Å². The minimum absolute atomic E-state index is 0.0169. The molecular weight excluding hydrogens is 1200 g/mol. The Morgan fingerprint density at radius 2 is 1.27 bits per heavy atom. The van der Waals surface area contributed by atoms with Gasteiger partial charge >= 0.3 is 5.97 Å². The van der Waals surface area contributed by atoms with Crippen LogP contribution < -0.4 is 60.2 Å². The summed E-state index contributed by atoms with van der Waals surface area (Å²) in [6, 6.07) is 0.322. The molecule has 1 aliphatic rings. The van der Waals surface area contributed by atoms with Gasteiger partial charge in [0.25, 0.3) is 0 Å². The van der Waals surface area contributed by atoms with Gasteiger partial charge in [-0.15, -0.1) is 0 Å². The number of aliphatic imine (C=N–C) groups is 1. The quantitative estimate of drug-likeness (QED) is 0.0151. The molecule has 8 amide bonds. The standard InChI is InChI=1S/C63H91N17O13/c1-8-35(6)52(78-61(92)53(38-18-20-41(82)21-19-38)79-59(90)51(34(4)5)77-56(87)44(16-12-22-70-63(66)67)73-55(86)43(64)28-49(83)84)60(91)76-47(27-40-30-69-32-72-40)62(93)80-23-13-17-48(80)58(89)75-46(25-37-14-10-9-11-15-37)57(88)74-45(26-39-29-68-31-71-39)54(85)50(65)42(36(7)81)24-33(2)3/h9-11,14-15,18-21,29-35,42-48,50-53,82H,8,12-13,16-17,22-28,64-65H2,1-7H3,(H,68,71)(H,69,72)(H,73,86)(H,74,88)(H,75,89)(H,76,91)(H,77,87)(H,78,92)(H,79,90)(H,83,84)(H4,66,67,70)/t35-,42-,43-,44-,45-,46-,47-,48-,50?,51-,52-,53-/m0/s1. The number of carbonyl (C=O) groups excluding carboxylic acids is 10. The van der Waals surface area contributed by atoms with Crippen LogP contribution in [0.4, 0.5) is 0 Å². The van der Waals surface area contributed by atoms with E-state index < -0.39 is 144 Å². The van der Waals surface area contributed by atoms with E-state index in [1.165, 1.54) is 61.1 Å². The van der Waals surface area contributed by atoms with E-state index in [0.29, 0.717) is 36.2 Å². The minimum Gasteiger partial charge on any atom is -0.508 e. The van der Waals surface area contributed by atoms with Gasteiger partial charge in [-0.05, 0) is 80.0 Å². The second-order valence-electron chi connectivity index (χ2n) is 24.2. The number of aromatic hydroxyl groups is 1. The zero-order valence-electron chi connectivity index (χ0n) is 53.6. The van der Waals surface area contributed by atoms with Crippen molar-refractivity contribution in [3.8, 4) is 5.75 Å². The molecule has 0 radical (unpaired) electrons. The maximum absolute atomic E-state index is 15.1. The number of nitrogens with zero attached hydrogens (tertiary/aromatic N) is 4. The van der Waals surface area contributed by atoms with Crippen LogP contribution in [-0.4, -0.2) is 173 Å². The Labute approximate surface area is 539 Å². The molecule has 1 saturated heterocycles. The van der Waals surface area contributed by atoms with Crippen LogP contribution in [0.5, 0.6) is 5.75 Å². The molecule has 19 N–H and O–H groups in total. The van der Waals surface area contributed by atoms with Crippen LogP contribution in [0.15, 0.2) is 84.6 Å². The summed E-state index contributed by atoms with van der Waals surface area (Å²) in [6.45, 7) is 11.9. The smallest absolute Gasteiger partial charge is 0.305 e. The van der Waals surface area contributed by atoms with Crippen molar-refractivity contribution in [2.75, 3.05) is 13.1 Å². The molecule has 1 unspecified atom stereocenters. The normalized spacial score (nSPS) is 16.5. The maximum atomic E-state index is 15.1. The maximum Gasteiger partial charge on any atom is 0.305 e. The van der Waals surface area contributed by atoms with Gasteiger partial charge < -0.3 is 85.2 Å². The van der Waals surface area contributed by atoms with E-state index in [9.17, 15) is 58.2 Å². The second-order valence-corrected chi connectivity index (χ2v) is 24.2. The van der Waals surface area contributed by atoms with Gasteiger partial charge in [-0.25, -0.2) is 9.97 Å². The number of imidazole rings is 2. The molecule has 0 aliphatic carbocycles.